The van der Waals surface area contributed by atoms with E-state index >= 15 is 0 Å². The van der Waals surface area contributed by atoms with E-state index in [1.807, 2.05) is 42.5 Å². The Balaban J connectivity index is 0.000000272. The molecule has 4 heteroatoms. The van der Waals surface area contributed by atoms with Crippen molar-refractivity contribution in [2.45, 2.75) is 6.42 Å². The van der Waals surface area contributed by atoms with Crippen LogP contribution in [0.5, 0.6) is 0 Å². The monoisotopic (exact) mass is 344 g/mol. The van der Waals surface area contributed by atoms with Crippen molar-refractivity contribution >= 4 is 20.7 Å². The number of nitrogens with zero attached hydrogens (tertiary/aromatic N) is 1. The van der Waals surface area contributed by atoms with Gasteiger partial charge >= 0.3 is 103 Å². The van der Waals surface area contributed by atoms with Crippen LogP contribution in [0.4, 0.5) is 0 Å². The van der Waals surface area contributed by atoms with Crippen LogP contribution in [0.25, 0.3) is 0 Å². The van der Waals surface area contributed by atoms with Crippen molar-refractivity contribution in [1.82, 2.24) is 9.97 Å². The van der Waals surface area contributed by atoms with Gasteiger partial charge in [-0.3, -0.25) is 0 Å². The van der Waals surface area contributed by atoms with Gasteiger partial charge in [-0.05, 0) is 0 Å². The van der Waals surface area contributed by atoms with Gasteiger partial charge in [-0.2, -0.15) is 0 Å². The molecule has 0 atom stereocenters. The van der Waals surface area contributed by atoms with Gasteiger partial charge < -0.3 is 4.98 Å². The molecule has 1 N–H and O–H groups in total. The van der Waals surface area contributed by atoms with Gasteiger partial charge in [0.1, 0.15) is 0 Å². The average Bonchev–Trinajstić information content (AvgIpc) is 3.08. The summed E-state index contributed by atoms with van der Waals surface area (Å²) in [4.78, 5) is 17.8. The number of hydrogen-bond donors (Lipinski definition) is 1. The Labute approximate surface area is 132 Å². The Morgan fingerprint density at radius 2 is 1.76 bits per heavy atom. The second kappa shape index (κ2) is 8.20. The van der Waals surface area contributed by atoms with Crippen molar-refractivity contribution in [3.8, 4) is 0 Å². The van der Waals surface area contributed by atoms with Crippen molar-refractivity contribution < 1.29 is 4.79 Å². The average molecular weight is 343 g/mol. The van der Waals surface area contributed by atoms with Gasteiger partial charge in [-0.25, -0.2) is 4.98 Å². The Bertz CT molecular complexity index is 649. The van der Waals surface area contributed by atoms with Gasteiger partial charge in [0.25, 0.3) is 0 Å². The quantitative estimate of drug-likeness (QED) is 0.744. The number of imidazole rings is 1. The summed E-state index contributed by atoms with van der Waals surface area (Å²) < 4.78 is 0.0685. The van der Waals surface area contributed by atoms with Crippen molar-refractivity contribution in [1.29, 1.82) is 0 Å². The zero-order valence-electron chi connectivity index (χ0n) is 11.4. The topological polar surface area (TPSA) is 45.8 Å². The Morgan fingerprint density at radius 3 is 2.33 bits per heavy atom. The first-order valence-electron chi connectivity index (χ1n) is 6.55. The van der Waals surface area contributed by atoms with Crippen LogP contribution in [0.15, 0.2) is 73.3 Å². The van der Waals surface area contributed by atoms with Crippen molar-refractivity contribution in [2.75, 3.05) is 0 Å². The molecule has 2 aromatic carbocycles. The molecule has 0 amide bonds. The molecule has 0 aliphatic heterocycles. The van der Waals surface area contributed by atoms with Crippen molar-refractivity contribution in [2.24, 2.45) is 0 Å². The molecule has 0 aliphatic rings. The number of carbonyl (C=O) groups is 1. The fourth-order valence-corrected chi connectivity index (χ4v) is 2.37. The van der Waals surface area contributed by atoms with Crippen LogP contribution < -0.4 is 0 Å². The van der Waals surface area contributed by atoms with Crippen LogP contribution >= 0.6 is 0 Å². The third-order valence-electron chi connectivity index (χ3n) is 2.89. The summed E-state index contributed by atoms with van der Waals surface area (Å²) >= 11 is 2.08. The van der Waals surface area contributed by atoms with Gasteiger partial charge in [0.05, 0.1) is 6.33 Å². The summed E-state index contributed by atoms with van der Waals surface area (Å²) in [5.41, 5.74) is 3.11. The van der Waals surface area contributed by atoms with E-state index in [-0.39, 0.29) is 4.68 Å². The van der Waals surface area contributed by atoms with Gasteiger partial charge in [0.2, 0.25) is 0 Å². The molecule has 0 saturated heterocycles. The second-order valence-corrected chi connectivity index (χ2v) is 5.24. The van der Waals surface area contributed by atoms with Crippen molar-refractivity contribution in [3.05, 3.63) is 90.0 Å². The number of rotatable bonds is 3. The minimum Gasteiger partial charge on any atom is -0.351 e. The summed E-state index contributed by atoms with van der Waals surface area (Å²) in [5, 5.41) is 0. The van der Waals surface area contributed by atoms with E-state index in [1.165, 1.54) is 5.56 Å². The first-order chi connectivity index (χ1) is 10.3. The molecule has 3 rings (SSSR count). The molecule has 0 radical (unpaired) electrons. The predicted molar refractivity (Wildman–Crippen MR) is 85.8 cm³/mol. The van der Waals surface area contributed by atoms with E-state index in [0.29, 0.717) is 0 Å². The largest absolute Gasteiger partial charge is 0.351 e. The van der Waals surface area contributed by atoms with E-state index in [9.17, 15) is 4.79 Å². The maximum absolute atomic E-state index is 11.4. The molecule has 0 saturated carbocycles. The fraction of sp³-hybridized carbons (Fsp3) is 0.0588. The zero-order valence-corrected chi connectivity index (χ0v) is 13.3. The standard InChI is InChI=1S/C14H12OSe.C3H4N2/c15-14(16)13-9-5-4-8-12(13)10-11-6-2-1-3-7-11;1-2-5-3-4-1/h1-9H,10H2,(H,15,16);1-3H,(H,4,5). The zero-order chi connectivity index (χ0) is 14.9. The van der Waals surface area contributed by atoms with E-state index < -0.39 is 0 Å². The third-order valence-corrected chi connectivity index (χ3v) is 3.40. The molecule has 21 heavy (non-hydrogen) atoms. The van der Waals surface area contributed by atoms with Gasteiger partial charge in [-0.15, -0.1) is 0 Å². The van der Waals surface area contributed by atoms with Crippen LogP contribution in [0.1, 0.15) is 21.5 Å². The molecule has 1 aromatic heterocycles. The van der Waals surface area contributed by atoms with Crippen LogP contribution in [0.3, 0.4) is 0 Å². The van der Waals surface area contributed by atoms with Crippen molar-refractivity contribution in [3.63, 3.8) is 0 Å². The summed E-state index contributed by atoms with van der Waals surface area (Å²) in [7, 11) is 0. The number of carbonyl (C=O) groups excluding carboxylic acids is 1. The molecule has 3 nitrogen and oxygen atoms in total. The maximum atomic E-state index is 11.4. The van der Waals surface area contributed by atoms with Gasteiger partial charge in [0.15, 0.2) is 0 Å². The normalized spacial score (nSPS) is 9.57. The number of aromatic nitrogens is 2. The van der Waals surface area contributed by atoms with Crippen LogP contribution in [-0.4, -0.2) is 30.7 Å². The first kappa shape index (κ1) is 15.2. The summed E-state index contributed by atoms with van der Waals surface area (Å²) in [5.74, 6) is 0. The molecule has 0 spiro atoms. The maximum Gasteiger partial charge on any atom is 0.0919 e. The van der Waals surface area contributed by atoms with Crippen LogP contribution in [0.2, 0.25) is 0 Å². The Hall–Kier alpha value is -2.16. The molecule has 0 unspecified atom stereocenters. The van der Waals surface area contributed by atoms with E-state index in [1.54, 1.807) is 18.7 Å². The molecule has 0 bridgehead atoms. The number of benzene rings is 2. The summed E-state index contributed by atoms with van der Waals surface area (Å²) in [6.07, 6.45) is 5.89. The molecular weight excluding hydrogens is 327 g/mol. The molecule has 106 valence electrons. The third kappa shape index (κ3) is 5.03. The van der Waals surface area contributed by atoms with Crippen LogP contribution in [-0.2, 0) is 6.42 Å². The summed E-state index contributed by atoms with van der Waals surface area (Å²) in [6, 6.07) is 17.9. The summed E-state index contributed by atoms with van der Waals surface area (Å²) in [6.45, 7) is 0. The van der Waals surface area contributed by atoms with Crippen LogP contribution in [0, 0.1) is 0 Å². The SMILES string of the molecule is O=C([SeH])c1ccccc1Cc1ccccc1.c1c[nH]cn1. The number of aromatic amines is 1. The number of hydrogen-bond acceptors (Lipinski definition) is 2. The molecule has 0 aliphatic carbocycles. The smallest absolute Gasteiger partial charge is 0.0919 e. The number of H-pyrrole nitrogens is 1. The van der Waals surface area contributed by atoms with E-state index in [0.717, 1.165) is 17.5 Å². The fourth-order valence-electron chi connectivity index (χ4n) is 1.91. The van der Waals surface area contributed by atoms with E-state index in [2.05, 4.69) is 38.1 Å². The van der Waals surface area contributed by atoms with E-state index in [4.69, 9.17) is 0 Å². The Morgan fingerprint density at radius 1 is 1.05 bits per heavy atom. The molecule has 1 heterocycles. The van der Waals surface area contributed by atoms with Gasteiger partial charge in [-0.1, -0.05) is 0 Å². The minimum absolute atomic E-state index is 0.0685. The first-order valence-corrected chi connectivity index (χ1v) is 7.49. The molecule has 3 aromatic rings. The Kier molecular flexibility index (Phi) is 5.95. The molecule has 0 fully saturated rings. The van der Waals surface area contributed by atoms with Gasteiger partial charge in [0, 0.05) is 12.4 Å². The molecular formula is C17H16N2OSe. The minimum atomic E-state index is 0.0685. The second-order valence-electron chi connectivity index (χ2n) is 4.39. The number of nitrogens with one attached hydrogen (secondary N) is 1. The predicted octanol–water partition coefficient (Wildman–Crippen LogP) is 2.73.